The number of hydrogen-bond acceptors (Lipinski definition) is 3. The second-order valence-electron chi connectivity index (χ2n) is 3.27. The Bertz CT molecular complexity index is 345. The fourth-order valence-electron chi connectivity index (χ4n) is 1.41. The highest BCUT2D eigenvalue weighted by Crippen LogP contribution is 2.34. The third-order valence-electron chi connectivity index (χ3n) is 2.20. The van der Waals surface area contributed by atoms with E-state index in [9.17, 15) is 0 Å². The van der Waals surface area contributed by atoms with E-state index in [1.165, 1.54) is 6.26 Å². The van der Waals surface area contributed by atoms with Crippen LogP contribution in [0.2, 0.25) is 0 Å². The number of aliphatic hydroxyl groups excluding tert-OH is 1. The van der Waals surface area contributed by atoms with Gasteiger partial charge in [0.25, 0.3) is 5.79 Å². The molecule has 1 aliphatic heterocycles. The van der Waals surface area contributed by atoms with E-state index >= 15 is 0 Å². The first kappa shape index (κ1) is 9.09. The largest absolute Gasteiger partial charge is 0.453 e. The van der Waals surface area contributed by atoms with Gasteiger partial charge in [-0.25, -0.2) is 0 Å². The van der Waals surface area contributed by atoms with Gasteiger partial charge in [0, 0.05) is 12.5 Å². The van der Waals surface area contributed by atoms with Gasteiger partial charge in [0.1, 0.15) is 12.9 Å². The second-order valence-corrected chi connectivity index (χ2v) is 3.27. The van der Waals surface area contributed by atoms with Gasteiger partial charge in [0.15, 0.2) is 5.76 Å². The first-order chi connectivity index (χ1) is 6.74. The summed E-state index contributed by atoms with van der Waals surface area (Å²) in [4.78, 5) is 0. The maximum absolute atomic E-state index is 8.87. The van der Waals surface area contributed by atoms with Gasteiger partial charge in [0.2, 0.25) is 0 Å². The number of aliphatic hydroxyl groups is 1. The maximum atomic E-state index is 8.87. The van der Waals surface area contributed by atoms with Crippen molar-refractivity contribution in [2.24, 2.45) is 0 Å². The Hall–Kier alpha value is -1.48. The van der Waals surface area contributed by atoms with Crippen LogP contribution in [0.1, 0.15) is 12.5 Å². The van der Waals surface area contributed by atoms with Crippen LogP contribution in [0.4, 0.5) is 0 Å². The molecule has 1 N–H and O–H groups in total. The Morgan fingerprint density at radius 1 is 1.29 bits per heavy atom. The number of benzene rings is 1. The van der Waals surface area contributed by atoms with E-state index in [-0.39, 0.29) is 6.61 Å². The van der Waals surface area contributed by atoms with E-state index in [1.54, 1.807) is 0 Å². The summed E-state index contributed by atoms with van der Waals surface area (Å²) in [6.07, 6.45) is 1.45. The van der Waals surface area contributed by atoms with Gasteiger partial charge in [-0.05, 0) is 0 Å². The van der Waals surface area contributed by atoms with Crippen molar-refractivity contribution >= 4 is 0 Å². The molecule has 3 nitrogen and oxygen atoms in total. The number of ether oxygens (including phenoxy) is 2. The molecule has 0 saturated carbocycles. The maximum Gasteiger partial charge on any atom is 0.274 e. The SMILES string of the molecule is CC1(c2ccccc2)OC=C(CO)O1. The Morgan fingerprint density at radius 3 is 2.57 bits per heavy atom. The molecule has 3 heteroatoms. The molecule has 0 saturated heterocycles. The minimum absolute atomic E-state index is 0.136. The van der Waals surface area contributed by atoms with Gasteiger partial charge >= 0.3 is 0 Å². The third-order valence-corrected chi connectivity index (χ3v) is 2.20. The number of hydrogen-bond donors (Lipinski definition) is 1. The zero-order valence-corrected chi connectivity index (χ0v) is 7.93. The van der Waals surface area contributed by atoms with Crippen LogP contribution >= 0.6 is 0 Å². The van der Waals surface area contributed by atoms with Crippen LogP contribution in [0, 0.1) is 0 Å². The Labute approximate surface area is 82.6 Å². The summed E-state index contributed by atoms with van der Waals surface area (Å²) in [7, 11) is 0. The predicted octanol–water partition coefficient (Wildman–Crippen LogP) is 1.74. The van der Waals surface area contributed by atoms with Crippen molar-refractivity contribution in [2.45, 2.75) is 12.7 Å². The molecule has 0 amide bonds. The van der Waals surface area contributed by atoms with E-state index in [0.29, 0.717) is 5.76 Å². The lowest BCUT2D eigenvalue weighted by molar-refractivity contribution is -0.143. The molecule has 2 rings (SSSR count). The van der Waals surface area contributed by atoms with E-state index < -0.39 is 5.79 Å². The molecule has 1 atom stereocenters. The summed E-state index contributed by atoms with van der Waals surface area (Å²) in [5, 5.41) is 8.87. The van der Waals surface area contributed by atoms with E-state index in [2.05, 4.69) is 0 Å². The molecule has 0 spiro atoms. The van der Waals surface area contributed by atoms with Crippen molar-refractivity contribution in [3.63, 3.8) is 0 Å². The van der Waals surface area contributed by atoms with E-state index in [1.807, 2.05) is 37.3 Å². The predicted molar refractivity (Wildman–Crippen MR) is 51.1 cm³/mol. The Kier molecular flexibility index (Phi) is 2.17. The first-order valence-electron chi connectivity index (χ1n) is 4.47. The molecular formula is C11H12O3. The molecule has 1 aromatic carbocycles. The highest BCUT2D eigenvalue weighted by molar-refractivity contribution is 5.21. The van der Waals surface area contributed by atoms with Crippen LogP contribution in [-0.4, -0.2) is 11.7 Å². The summed E-state index contributed by atoms with van der Waals surface area (Å²) in [6, 6.07) is 9.62. The van der Waals surface area contributed by atoms with E-state index in [4.69, 9.17) is 14.6 Å². The van der Waals surface area contributed by atoms with Crippen molar-refractivity contribution in [2.75, 3.05) is 6.61 Å². The standard InChI is InChI=1S/C11H12O3/c1-11(9-5-3-2-4-6-9)13-8-10(7-12)14-11/h2-6,8,12H,7H2,1H3. The van der Waals surface area contributed by atoms with Gasteiger partial charge in [-0.15, -0.1) is 0 Å². The van der Waals surface area contributed by atoms with Crippen molar-refractivity contribution in [1.82, 2.24) is 0 Å². The average molecular weight is 192 g/mol. The summed E-state index contributed by atoms with van der Waals surface area (Å²) >= 11 is 0. The average Bonchev–Trinajstić information content (AvgIpc) is 2.63. The van der Waals surface area contributed by atoms with Gasteiger partial charge in [-0.1, -0.05) is 30.3 Å². The highest BCUT2D eigenvalue weighted by Gasteiger charge is 2.35. The lowest BCUT2D eigenvalue weighted by Gasteiger charge is -2.24. The Morgan fingerprint density at radius 2 is 2.00 bits per heavy atom. The van der Waals surface area contributed by atoms with Gasteiger partial charge < -0.3 is 14.6 Å². The number of rotatable bonds is 2. The first-order valence-corrected chi connectivity index (χ1v) is 4.47. The van der Waals surface area contributed by atoms with Crippen molar-refractivity contribution in [3.8, 4) is 0 Å². The fourth-order valence-corrected chi connectivity index (χ4v) is 1.41. The minimum atomic E-state index is -0.792. The van der Waals surface area contributed by atoms with Crippen molar-refractivity contribution in [1.29, 1.82) is 0 Å². The molecule has 1 aromatic rings. The molecule has 0 fully saturated rings. The summed E-state index contributed by atoms with van der Waals surface area (Å²) in [6.45, 7) is 1.68. The summed E-state index contributed by atoms with van der Waals surface area (Å²) < 4.78 is 10.9. The lowest BCUT2D eigenvalue weighted by atomic mass is 10.1. The van der Waals surface area contributed by atoms with Crippen LogP contribution in [0.3, 0.4) is 0 Å². The topological polar surface area (TPSA) is 38.7 Å². The molecule has 0 aliphatic carbocycles. The van der Waals surface area contributed by atoms with Crippen LogP contribution in [0.5, 0.6) is 0 Å². The molecule has 1 unspecified atom stereocenters. The zero-order chi connectivity index (χ0) is 10.0. The monoisotopic (exact) mass is 192 g/mol. The smallest absolute Gasteiger partial charge is 0.274 e. The molecule has 14 heavy (non-hydrogen) atoms. The zero-order valence-electron chi connectivity index (χ0n) is 7.93. The van der Waals surface area contributed by atoms with Crippen LogP contribution in [0.15, 0.2) is 42.4 Å². The summed E-state index contributed by atoms with van der Waals surface area (Å²) in [5.74, 6) is -0.337. The quantitative estimate of drug-likeness (QED) is 0.775. The van der Waals surface area contributed by atoms with E-state index in [0.717, 1.165) is 5.56 Å². The highest BCUT2D eigenvalue weighted by atomic mass is 16.7. The minimum Gasteiger partial charge on any atom is -0.453 e. The summed E-state index contributed by atoms with van der Waals surface area (Å²) in [5.41, 5.74) is 0.930. The molecular weight excluding hydrogens is 180 g/mol. The van der Waals surface area contributed by atoms with Crippen LogP contribution in [-0.2, 0) is 15.3 Å². The molecule has 0 aromatic heterocycles. The molecule has 0 bridgehead atoms. The van der Waals surface area contributed by atoms with Crippen LogP contribution in [0.25, 0.3) is 0 Å². The van der Waals surface area contributed by atoms with Gasteiger partial charge in [-0.2, -0.15) is 0 Å². The Balaban J connectivity index is 2.21. The van der Waals surface area contributed by atoms with Crippen molar-refractivity contribution < 1.29 is 14.6 Å². The van der Waals surface area contributed by atoms with Gasteiger partial charge in [-0.3, -0.25) is 0 Å². The normalized spacial score (nSPS) is 25.1. The fraction of sp³-hybridized carbons (Fsp3) is 0.273. The third kappa shape index (κ3) is 1.46. The molecule has 74 valence electrons. The molecule has 1 heterocycles. The lowest BCUT2D eigenvalue weighted by Crippen LogP contribution is -2.23. The molecule has 1 aliphatic rings. The second kappa shape index (κ2) is 3.35. The van der Waals surface area contributed by atoms with Crippen LogP contribution < -0.4 is 0 Å². The molecule has 0 radical (unpaired) electrons. The van der Waals surface area contributed by atoms with Crippen molar-refractivity contribution in [3.05, 3.63) is 47.9 Å². The van der Waals surface area contributed by atoms with Gasteiger partial charge in [0.05, 0.1) is 0 Å².